The summed E-state index contributed by atoms with van der Waals surface area (Å²) in [6, 6.07) is 18.6. The molecule has 0 bridgehead atoms. The van der Waals surface area contributed by atoms with Crippen LogP contribution in [0.1, 0.15) is 48.7 Å². The molecule has 176 valence electrons. The summed E-state index contributed by atoms with van der Waals surface area (Å²) in [7, 11) is 0. The summed E-state index contributed by atoms with van der Waals surface area (Å²) in [5, 5.41) is 4.82. The van der Waals surface area contributed by atoms with Crippen molar-refractivity contribution in [2.24, 2.45) is 0 Å². The Morgan fingerprint density at radius 3 is 2.44 bits per heavy atom. The fourth-order valence-electron chi connectivity index (χ4n) is 4.42. The van der Waals surface area contributed by atoms with E-state index < -0.39 is 6.04 Å². The second-order valence-electron chi connectivity index (χ2n) is 9.08. The van der Waals surface area contributed by atoms with E-state index in [2.05, 4.69) is 5.32 Å². The topological polar surface area (TPSA) is 69.7 Å². The van der Waals surface area contributed by atoms with Crippen molar-refractivity contribution in [1.29, 1.82) is 0 Å². The van der Waals surface area contributed by atoms with Crippen LogP contribution in [0.15, 0.2) is 60.7 Å². The number of hydrogen-bond donors (Lipinski definition) is 1. The van der Waals surface area contributed by atoms with Crippen molar-refractivity contribution in [2.45, 2.75) is 52.7 Å². The number of carbonyl (C=O) groups excluding carboxylic acids is 3. The molecule has 6 nitrogen and oxygen atoms in total. The molecule has 1 aliphatic heterocycles. The molecule has 0 saturated carbocycles. The second-order valence-corrected chi connectivity index (χ2v) is 9.08. The standard InChI is InChI=1S/C28H31N3O3/c1-5-19(3)29-27(33)20(4)30(16-21-10-6-9-18(2)15-21)25(32)17-31-24-14-8-12-22-11-7-13-23(26(22)24)28(31)34/h6-15,19-20H,5,16-17H2,1-4H3,(H,29,33). The van der Waals surface area contributed by atoms with Crippen molar-refractivity contribution in [3.63, 3.8) is 0 Å². The third-order valence-electron chi connectivity index (χ3n) is 6.55. The van der Waals surface area contributed by atoms with E-state index in [9.17, 15) is 14.4 Å². The van der Waals surface area contributed by atoms with Crippen molar-refractivity contribution in [2.75, 3.05) is 11.4 Å². The van der Waals surface area contributed by atoms with Gasteiger partial charge < -0.3 is 10.2 Å². The number of benzene rings is 3. The van der Waals surface area contributed by atoms with Gasteiger partial charge in [-0.05, 0) is 50.3 Å². The first-order valence-corrected chi connectivity index (χ1v) is 11.8. The van der Waals surface area contributed by atoms with Crippen molar-refractivity contribution >= 4 is 34.2 Å². The highest BCUT2D eigenvalue weighted by Crippen LogP contribution is 2.37. The lowest BCUT2D eigenvalue weighted by Gasteiger charge is -2.31. The normalized spacial score (nSPS) is 14.2. The first-order chi connectivity index (χ1) is 16.3. The summed E-state index contributed by atoms with van der Waals surface area (Å²) < 4.78 is 0. The van der Waals surface area contributed by atoms with Gasteiger partial charge in [0.25, 0.3) is 5.91 Å². The fourth-order valence-corrected chi connectivity index (χ4v) is 4.42. The first-order valence-electron chi connectivity index (χ1n) is 11.8. The van der Waals surface area contributed by atoms with Gasteiger partial charge in [-0.25, -0.2) is 0 Å². The Hall–Kier alpha value is -3.67. The van der Waals surface area contributed by atoms with Gasteiger partial charge in [0.15, 0.2) is 0 Å². The monoisotopic (exact) mass is 457 g/mol. The van der Waals surface area contributed by atoms with Gasteiger partial charge in [0.2, 0.25) is 11.8 Å². The fraction of sp³-hybridized carbons (Fsp3) is 0.321. The van der Waals surface area contributed by atoms with Crippen LogP contribution >= 0.6 is 0 Å². The number of nitrogens with one attached hydrogen (secondary N) is 1. The van der Waals surface area contributed by atoms with Gasteiger partial charge in [-0.2, -0.15) is 0 Å². The maximum atomic E-state index is 13.7. The molecule has 3 aromatic rings. The summed E-state index contributed by atoms with van der Waals surface area (Å²) in [6.45, 7) is 7.84. The molecule has 0 fully saturated rings. The van der Waals surface area contributed by atoms with Crippen LogP contribution in [0, 0.1) is 6.92 Å². The molecule has 2 atom stereocenters. The maximum absolute atomic E-state index is 13.7. The second kappa shape index (κ2) is 9.67. The minimum absolute atomic E-state index is 0.0122. The van der Waals surface area contributed by atoms with E-state index in [1.807, 2.05) is 75.4 Å². The molecule has 34 heavy (non-hydrogen) atoms. The number of anilines is 1. The predicted octanol–water partition coefficient (Wildman–Crippen LogP) is 4.44. The average Bonchev–Trinajstić information content (AvgIpc) is 3.10. The third-order valence-corrected chi connectivity index (χ3v) is 6.55. The minimum Gasteiger partial charge on any atom is -0.352 e. The molecule has 3 amide bonds. The van der Waals surface area contributed by atoms with Crippen LogP contribution in [-0.2, 0) is 16.1 Å². The van der Waals surface area contributed by atoms with Gasteiger partial charge in [-0.1, -0.05) is 61.0 Å². The van der Waals surface area contributed by atoms with Crippen LogP contribution in [0.3, 0.4) is 0 Å². The van der Waals surface area contributed by atoms with Gasteiger partial charge in [0, 0.05) is 23.5 Å². The number of carbonyl (C=O) groups is 3. The number of nitrogens with zero attached hydrogens (tertiary/aromatic N) is 2. The zero-order valence-corrected chi connectivity index (χ0v) is 20.2. The third kappa shape index (κ3) is 4.53. The van der Waals surface area contributed by atoms with Gasteiger partial charge in [0.1, 0.15) is 12.6 Å². The van der Waals surface area contributed by atoms with E-state index in [0.29, 0.717) is 5.56 Å². The van der Waals surface area contributed by atoms with Crippen molar-refractivity contribution in [1.82, 2.24) is 10.2 Å². The van der Waals surface area contributed by atoms with Crippen molar-refractivity contribution < 1.29 is 14.4 Å². The molecule has 6 heteroatoms. The van der Waals surface area contributed by atoms with Gasteiger partial charge in [-0.3, -0.25) is 19.3 Å². The smallest absolute Gasteiger partial charge is 0.259 e. The van der Waals surface area contributed by atoms with Gasteiger partial charge in [-0.15, -0.1) is 0 Å². The Bertz CT molecular complexity index is 1250. The Balaban J connectivity index is 1.62. The first kappa shape index (κ1) is 23.5. The summed E-state index contributed by atoms with van der Waals surface area (Å²) in [4.78, 5) is 42.9. The van der Waals surface area contributed by atoms with Crippen LogP contribution in [0.5, 0.6) is 0 Å². The van der Waals surface area contributed by atoms with Crippen LogP contribution in [0.25, 0.3) is 10.8 Å². The molecule has 0 aromatic heterocycles. The van der Waals surface area contributed by atoms with Crippen molar-refractivity contribution in [3.8, 4) is 0 Å². The molecule has 0 radical (unpaired) electrons. The number of rotatable bonds is 8. The van der Waals surface area contributed by atoms with E-state index >= 15 is 0 Å². The maximum Gasteiger partial charge on any atom is 0.259 e. The molecule has 1 N–H and O–H groups in total. The summed E-state index contributed by atoms with van der Waals surface area (Å²) in [5.74, 6) is -0.660. The van der Waals surface area contributed by atoms with Crippen molar-refractivity contribution in [3.05, 3.63) is 77.4 Å². The summed E-state index contributed by atoms with van der Waals surface area (Å²) in [5.41, 5.74) is 3.36. The number of amides is 3. The Labute approximate surface area is 200 Å². The SMILES string of the molecule is CCC(C)NC(=O)C(C)N(Cc1cccc(C)c1)C(=O)CN1C(=O)c2cccc3cccc1c23. The Morgan fingerprint density at radius 1 is 1.03 bits per heavy atom. The lowest BCUT2D eigenvalue weighted by molar-refractivity contribution is -0.139. The highest BCUT2D eigenvalue weighted by Gasteiger charge is 2.34. The molecule has 0 spiro atoms. The summed E-state index contributed by atoms with van der Waals surface area (Å²) in [6.07, 6.45) is 0.800. The Morgan fingerprint density at radius 2 is 1.74 bits per heavy atom. The quantitative estimate of drug-likeness (QED) is 0.544. The van der Waals surface area contributed by atoms with E-state index in [1.54, 1.807) is 17.9 Å². The van der Waals surface area contributed by atoms with E-state index in [-0.39, 0.29) is 36.9 Å². The lowest BCUT2D eigenvalue weighted by atomic mass is 10.1. The minimum atomic E-state index is -0.683. The molecule has 0 saturated heterocycles. The molecule has 3 aromatic carbocycles. The molecular formula is C28H31N3O3. The molecule has 0 aliphatic carbocycles. The predicted molar refractivity (Wildman–Crippen MR) is 135 cm³/mol. The lowest BCUT2D eigenvalue weighted by Crippen LogP contribution is -2.52. The van der Waals surface area contributed by atoms with Crippen LogP contribution < -0.4 is 10.2 Å². The van der Waals surface area contributed by atoms with E-state index in [0.717, 1.165) is 34.0 Å². The Kier molecular flexibility index (Phi) is 6.68. The number of aryl methyl sites for hydroxylation is 1. The van der Waals surface area contributed by atoms with Crippen LogP contribution in [-0.4, -0.2) is 41.2 Å². The highest BCUT2D eigenvalue weighted by molar-refractivity contribution is 6.26. The molecule has 2 unspecified atom stereocenters. The van der Waals surface area contributed by atoms with Gasteiger partial charge in [0.05, 0.1) is 5.69 Å². The largest absolute Gasteiger partial charge is 0.352 e. The molecule has 1 aliphatic rings. The van der Waals surface area contributed by atoms with E-state index in [4.69, 9.17) is 0 Å². The van der Waals surface area contributed by atoms with Crippen LogP contribution in [0.2, 0.25) is 0 Å². The van der Waals surface area contributed by atoms with Crippen LogP contribution in [0.4, 0.5) is 5.69 Å². The van der Waals surface area contributed by atoms with Gasteiger partial charge >= 0.3 is 0 Å². The number of hydrogen-bond acceptors (Lipinski definition) is 3. The zero-order chi connectivity index (χ0) is 24.4. The average molecular weight is 458 g/mol. The van der Waals surface area contributed by atoms with E-state index in [1.165, 1.54) is 4.90 Å². The molecule has 4 rings (SSSR count). The highest BCUT2D eigenvalue weighted by atomic mass is 16.2. The zero-order valence-electron chi connectivity index (χ0n) is 20.2. The molecular weight excluding hydrogens is 426 g/mol. The molecule has 1 heterocycles. The summed E-state index contributed by atoms with van der Waals surface area (Å²) >= 11 is 0.